The Balaban J connectivity index is 2.38. The number of hydrogen-bond acceptors (Lipinski definition) is 2. The number of nitrogens with one attached hydrogen (secondary N) is 1. The Morgan fingerprint density at radius 1 is 1.05 bits per heavy atom. The number of rotatable bonds is 12. The summed E-state index contributed by atoms with van der Waals surface area (Å²) in [4.78, 5) is 0. The van der Waals surface area contributed by atoms with Crippen molar-refractivity contribution in [3.05, 3.63) is 0 Å². The van der Waals surface area contributed by atoms with Crippen LogP contribution in [0.5, 0.6) is 0 Å². The molecule has 1 aliphatic carbocycles. The van der Waals surface area contributed by atoms with Gasteiger partial charge in [-0.3, -0.25) is 0 Å². The van der Waals surface area contributed by atoms with Crippen LogP contribution >= 0.6 is 0 Å². The fourth-order valence-electron chi connectivity index (χ4n) is 3.86. The average molecular weight is 298 g/mol. The summed E-state index contributed by atoms with van der Waals surface area (Å²) in [5.74, 6) is 1.02. The van der Waals surface area contributed by atoms with E-state index in [0.717, 1.165) is 19.1 Å². The van der Waals surface area contributed by atoms with E-state index < -0.39 is 0 Å². The predicted octanol–water partition coefficient (Wildman–Crippen LogP) is 5.17. The first-order valence-corrected chi connectivity index (χ1v) is 9.46. The highest BCUT2D eigenvalue weighted by atomic mass is 16.5. The lowest BCUT2D eigenvalue weighted by Gasteiger charge is -2.41. The van der Waals surface area contributed by atoms with Gasteiger partial charge in [-0.15, -0.1) is 0 Å². The second-order valence-corrected chi connectivity index (χ2v) is 7.21. The van der Waals surface area contributed by atoms with E-state index in [0.29, 0.717) is 5.41 Å². The van der Waals surface area contributed by atoms with Crippen LogP contribution in [0.15, 0.2) is 0 Å². The molecule has 0 unspecified atom stereocenters. The Morgan fingerprint density at radius 3 is 2.38 bits per heavy atom. The van der Waals surface area contributed by atoms with E-state index in [1.54, 1.807) is 7.11 Å². The van der Waals surface area contributed by atoms with Gasteiger partial charge in [-0.2, -0.15) is 0 Å². The van der Waals surface area contributed by atoms with Crippen LogP contribution in [-0.2, 0) is 4.74 Å². The second kappa shape index (κ2) is 11.5. The van der Waals surface area contributed by atoms with Crippen LogP contribution in [0.3, 0.4) is 0 Å². The monoisotopic (exact) mass is 297 g/mol. The molecule has 0 amide bonds. The Labute approximate surface area is 133 Å². The summed E-state index contributed by atoms with van der Waals surface area (Å²) in [6.45, 7) is 7.68. The Hall–Kier alpha value is -0.0800. The molecule has 2 heteroatoms. The van der Waals surface area contributed by atoms with E-state index in [2.05, 4.69) is 19.2 Å². The summed E-state index contributed by atoms with van der Waals surface area (Å²) in [5, 5.41) is 3.66. The van der Waals surface area contributed by atoms with Crippen molar-refractivity contribution in [2.75, 3.05) is 26.8 Å². The fourth-order valence-corrected chi connectivity index (χ4v) is 3.86. The summed E-state index contributed by atoms with van der Waals surface area (Å²) in [7, 11) is 1.79. The maximum Gasteiger partial charge on any atom is 0.0587 e. The molecule has 0 heterocycles. The Bertz CT molecular complexity index is 234. The number of methoxy groups -OCH3 is 1. The third-order valence-electron chi connectivity index (χ3n) is 5.43. The second-order valence-electron chi connectivity index (χ2n) is 7.21. The lowest BCUT2D eigenvalue weighted by Crippen LogP contribution is -2.39. The molecule has 0 aromatic heterocycles. The molecule has 0 aromatic rings. The summed E-state index contributed by atoms with van der Waals surface area (Å²) in [6, 6.07) is 0. The summed E-state index contributed by atoms with van der Waals surface area (Å²) < 4.78 is 5.16. The third-order valence-corrected chi connectivity index (χ3v) is 5.43. The first kappa shape index (κ1) is 19.0. The summed E-state index contributed by atoms with van der Waals surface area (Å²) in [5.41, 5.74) is 0.589. The van der Waals surface area contributed by atoms with Gasteiger partial charge < -0.3 is 10.1 Å². The van der Waals surface area contributed by atoms with Crippen molar-refractivity contribution in [3.63, 3.8) is 0 Å². The van der Waals surface area contributed by atoms with Gasteiger partial charge >= 0.3 is 0 Å². The van der Waals surface area contributed by atoms with Gasteiger partial charge in [0.25, 0.3) is 0 Å². The van der Waals surface area contributed by atoms with Gasteiger partial charge in [0.1, 0.15) is 0 Å². The standard InChI is InChI=1S/C19H39NO/c1-4-6-8-12-19(17-20-15-16-21-3)13-10-18(11-14-19)9-7-5-2/h18,20H,4-17H2,1-3H3. The van der Waals surface area contributed by atoms with Crippen LogP contribution in [0.2, 0.25) is 0 Å². The summed E-state index contributed by atoms with van der Waals surface area (Å²) in [6.07, 6.45) is 15.7. The molecule has 0 bridgehead atoms. The van der Waals surface area contributed by atoms with E-state index >= 15 is 0 Å². The van der Waals surface area contributed by atoms with E-state index in [1.165, 1.54) is 77.2 Å². The van der Waals surface area contributed by atoms with Crippen LogP contribution in [-0.4, -0.2) is 26.8 Å². The first-order valence-electron chi connectivity index (χ1n) is 9.46. The minimum Gasteiger partial charge on any atom is -0.383 e. The van der Waals surface area contributed by atoms with Crippen LogP contribution in [0, 0.1) is 11.3 Å². The maximum absolute atomic E-state index is 5.16. The van der Waals surface area contributed by atoms with Crippen LogP contribution in [0.25, 0.3) is 0 Å². The number of unbranched alkanes of at least 4 members (excludes halogenated alkanes) is 3. The van der Waals surface area contributed by atoms with Crippen molar-refractivity contribution in [3.8, 4) is 0 Å². The molecule has 0 atom stereocenters. The van der Waals surface area contributed by atoms with E-state index in [1.807, 2.05) is 0 Å². The largest absolute Gasteiger partial charge is 0.383 e. The van der Waals surface area contributed by atoms with Gasteiger partial charge in [0.05, 0.1) is 6.61 Å². The Morgan fingerprint density at radius 2 is 1.76 bits per heavy atom. The number of hydrogen-bond donors (Lipinski definition) is 1. The topological polar surface area (TPSA) is 21.3 Å². The quantitative estimate of drug-likeness (QED) is 0.502. The number of ether oxygens (including phenoxy) is 1. The molecule has 0 aliphatic heterocycles. The van der Waals surface area contributed by atoms with Crippen molar-refractivity contribution >= 4 is 0 Å². The first-order chi connectivity index (χ1) is 10.3. The molecule has 1 N–H and O–H groups in total. The van der Waals surface area contributed by atoms with Gasteiger partial charge in [0.15, 0.2) is 0 Å². The van der Waals surface area contributed by atoms with Gasteiger partial charge in [-0.1, -0.05) is 52.4 Å². The van der Waals surface area contributed by atoms with E-state index in [9.17, 15) is 0 Å². The highest BCUT2D eigenvalue weighted by molar-refractivity contribution is 4.87. The molecule has 21 heavy (non-hydrogen) atoms. The normalized spacial score (nSPS) is 26.1. The van der Waals surface area contributed by atoms with Gasteiger partial charge in [0, 0.05) is 20.2 Å². The van der Waals surface area contributed by atoms with Crippen molar-refractivity contribution in [1.82, 2.24) is 5.32 Å². The third kappa shape index (κ3) is 7.65. The highest BCUT2D eigenvalue weighted by Gasteiger charge is 2.34. The average Bonchev–Trinajstić information content (AvgIpc) is 2.51. The van der Waals surface area contributed by atoms with Gasteiger partial charge in [-0.25, -0.2) is 0 Å². The molecule has 0 saturated heterocycles. The zero-order valence-corrected chi connectivity index (χ0v) is 14.9. The molecule has 1 rings (SSSR count). The fraction of sp³-hybridized carbons (Fsp3) is 1.00. The maximum atomic E-state index is 5.16. The van der Waals surface area contributed by atoms with Crippen LogP contribution in [0.4, 0.5) is 0 Å². The van der Waals surface area contributed by atoms with E-state index in [-0.39, 0.29) is 0 Å². The van der Waals surface area contributed by atoms with Gasteiger partial charge in [0.2, 0.25) is 0 Å². The van der Waals surface area contributed by atoms with Crippen molar-refractivity contribution < 1.29 is 4.74 Å². The predicted molar refractivity (Wildman–Crippen MR) is 92.8 cm³/mol. The molecule has 126 valence electrons. The zero-order valence-electron chi connectivity index (χ0n) is 14.9. The van der Waals surface area contributed by atoms with E-state index in [4.69, 9.17) is 4.74 Å². The molecule has 0 aromatic carbocycles. The lowest BCUT2D eigenvalue weighted by molar-refractivity contribution is 0.119. The molecular weight excluding hydrogens is 258 g/mol. The zero-order chi connectivity index (χ0) is 15.4. The summed E-state index contributed by atoms with van der Waals surface area (Å²) >= 11 is 0. The Kier molecular flexibility index (Phi) is 10.4. The van der Waals surface area contributed by atoms with Crippen LogP contribution in [0.1, 0.15) is 84.5 Å². The molecular formula is C19H39NO. The molecule has 1 saturated carbocycles. The minimum absolute atomic E-state index is 0.589. The molecule has 2 nitrogen and oxygen atoms in total. The highest BCUT2D eigenvalue weighted by Crippen LogP contribution is 2.43. The van der Waals surface area contributed by atoms with Crippen molar-refractivity contribution in [2.45, 2.75) is 84.5 Å². The minimum atomic E-state index is 0.589. The molecule has 1 fully saturated rings. The molecule has 0 spiro atoms. The van der Waals surface area contributed by atoms with Crippen LogP contribution < -0.4 is 5.32 Å². The lowest BCUT2D eigenvalue weighted by atomic mass is 9.67. The molecule has 1 aliphatic rings. The van der Waals surface area contributed by atoms with Gasteiger partial charge in [-0.05, 0) is 43.4 Å². The van der Waals surface area contributed by atoms with Crippen molar-refractivity contribution in [1.29, 1.82) is 0 Å². The smallest absolute Gasteiger partial charge is 0.0587 e. The molecule has 0 radical (unpaired) electrons. The van der Waals surface area contributed by atoms with Crippen molar-refractivity contribution in [2.24, 2.45) is 11.3 Å². The SMILES string of the molecule is CCCCCC1(CNCCOC)CCC(CCCC)CC1.